The van der Waals surface area contributed by atoms with Crippen LogP contribution in [0.25, 0.3) is 21.8 Å². The first-order valence-corrected chi connectivity index (χ1v) is 10.4. The third kappa shape index (κ3) is 3.07. The molecular weight excluding hydrogens is 408 g/mol. The van der Waals surface area contributed by atoms with Crippen LogP contribution in [0.4, 0.5) is 5.69 Å². The molecule has 0 spiro atoms. The second kappa shape index (κ2) is 7.05. The second-order valence-corrected chi connectivity index (χ2v) is 8.68. The van der Waals surface area contributed by atoms with Crippen molar-refractivity contribution in [3.05, 3.63) is 69.6 Å². The molecule has 1 aliphatic carbocycles. The summed E-state index contributed by atoms with van der Waals surface area (Å²) in [6, 6.07) is 10.5. The highest BCUT2D eigenvalue weighted by molar-refractivity contribution is 6.14. The van der Waals surface area contributed by atoms with Crippen molar-refractivity contribution in [2.24, 2.45) is 7.05 Å². The lowest BCUT2D eigenvalue weighted by atomic mass is 9.64. The van der Waals surface area contributed by atoms with E-state index in [1.165, 1.54) is 6.07 Å². The van der Waals surface area contributed by atoms with Crippen LogP contribution < -0.4 is 10.9 Å². The first kappa shape index (κ1) is 20.0. The number of H-pyrrole nitrogens is 1. The van der Waals surface area contributed by atoms with Gasteiger partial charge in [0.05, 0.1) is 22.8 Å². The fourth-order valence-corrected chi connectivity index (χ4v) is 4.58. The molecule has 0 saturated heterocycles. The van der Waals surface area contributed by atoms with Gasteiger partial charge >= 0.3 is 5.97 Å². The third-order valence-electron chi connectivity index (χ3n) is 6.59. The summed E-state index contributed by atoms with van der Waals surface area (Å²) in [7, 11) is 1.85. The van der Waals surface area contributed by atoms with E-state index in [2.05, 4.69) is 22.3 Å². The van der Waals surface area contributed by atoms with E-state index in [0.717, 1.165) is 35.7 Å². The Labute approximate surface area is 182 Å². The normalized spacial score (nSPS) is 14.9. The predicted molar refractivity (Wildman–Crippen MR) is 121 cm³/mol. The van der Waals surface area contributed by atoms with Crippen molar-refractivity contribution in [3.63, 3.8) is 0 Å². The van der Waals surface area contributed by atoms with Gasteiger partial charge in [0, 0.05) is 18.1 Å². The van der Waals surface area contributed by atoms with Gasteiger partial charge in [0.25, 0.3) is 11.5 Å². The molecule has 8 heteroatoms. The van der Waals surface area contributed by atoms with Crippen LogP contribution in [0.2, 0.25) is 0 Å². The van der Waals surface area contributed by atoms with Crippen LogP contribution in [0.1, 0.15) is 52.5 Å². The molecule has 0 aliphatic heterocycles. The smallest absolute Gasteiger partial charge is 0.341 e. The minimum absolute atomic E-state index is 0.170. The molecule has 2 aromatic carbocycles. The molecule has 0 unspecified atom stereocenters. The van der Waals surface area contributed by atoms with Gasteiger partial charge in [0.2, 0.25) is 0 Å². The molecule has 2 aromatic heterocycles. The number of aromatic amines is 1. The monoisotopic (exact) mass is 430 g/mol. The maximum atomic E-state index is 13.5. The number of hydrogen-bond acceptors (Lipinski definition) is 4. The van der Waals surface area contributed by atoms with Gasteiger partial charge in [-0.1, -0.05) is 25.5 Å². The molecule has 32 heavy (non-hydrogen) atoms. The Morgan fingerprint density at radius 1 is 1.16 bits per heavy atom. The number of nitrogens with zero attached hydrogens (tertiary/aromatic N) is 2. The van der Waals surface area contributed by atoms with Crippen molar-refractivity contribution in [2.75, 3.05) is 5.32 Å². The summed E-state index contributed by atoms with van der Waals surface area (Å²) in [6.45, 7) is 2.11. The summed E-state index contributed by atoms with van der Waals surface area (Å²) in [5.74, 6) is -1.65. The van der Waals surface area contributed by atoms with Gasteiger partial charge in [-0.25, -0.2) is 4.79 Å². The summed E-state index contributed by atoms with van der Waals surface area (Å²) < 4.78 is 1.76. The fourth-order valence-electron chi connectivity index (χ4n) is 4.58. The Kier molecular flexibility index (Phi) is 4.40. The summed E-state index contributed by atoms with van der Waals surface area (Å²) in [5.41, 5.74) is 1.89. The molecule has 1 aliphatic rings. The molecule has 3 N–H and O–H groups in total. The molecule has 2 heterocycles. The van der Waals surface area contributed by atoms with Gasteiger partial charge in [-0.05, 0) is 53.5 Å². The Morgan fingerprint density at radius 2 is 1.94 bits per heavy atom. The zero-order chi connectivity index (χ0) is 22.6. The van der Waals surface area contributed by atoms with Crippen LogP contribution in [0, 0.1) is 0 Å². The molecular formula is C24H22N4O4. The quantitative estimate of drug-likeness (QED) is 0.455. The molecule has 5 rings (SSSR count). The average Bonchev–Trinajstić information content (AvgIpc) is 3.10. The topological polar surface area (TPSA) is 117 Å². The minimum Gasteiger partial charge on any atom is -0.477 e. The number of carboxylic acids is 1. The summed E-state index contributed by atoms with van der Waals surface area (Å²) >= 11 is 0. The number of carbonyl (C=O) groups is 2. The summed E-state index contributed by atoms with van der Waals surface area (Å²) in [5, 5.41) is 17.9. The molecule has 4 aromatic rings. The molecule has 1 amide bonds. The predicted octanol–water partition coefficient (Wildman–Crippen LogP) is 3.81. The van der Waals surface area contributed by atoms with E-state index in [9.17, 15) is 19.5 Å². The molecule has 8 nitrogen and oxygen atoms in total. The van der Waals surface area contributed by atoms with Crippen LogP contribution in [0.5, 0.6) is 0 Å². The minimum atomic E-state index is -1.31. The number of rotatable bonds is 4. The molecule has 162 valence electrons. The van der Waals surface area contributed by atoms with Crippen LogP contribution >= 0.6 is 0 Å². The van der Waals surface area contributed by atoms with Crippen molar-refractivity contribution in [1.82, 2.24) is 14.8 Å². The lowest BCUT2D eigenvalue weighted by Crippen LogP contribution is -2.33. The highest BCUT2D eigenvalue weighted by Crippen LogP contribution is 2.45. The van der Waals surface area contributed by atoms with E-state index < -0.39 is 11.5 Å². The van der Waals surface area contributed by atoms with E-state index in [0.29, 0.717) is 22.2 Å². The fraction of sp³-hybridized carbons (Fsp3) is 0.250. The molecule has 0 atom stereocenters. The maximum absolute atomic E-state index is 13.5. The first-order valence-electron chi connectivity index (χ1n) is 10.4. The number of anilines is 1. The SMILES string of the molecule is Cn1ncc2cc(NC(=O)c3c(C4(C)CCC4)ccc4cc(C(=O)O)c(=O)[nH]c34)ccc21. The largest absolute Gasteiger partial charge is 0.477 e. The number of amides is 1. The van der Waals surface area contributed by atoms with Crippen LogP contribution in [0.3, 0.4) is 0 Å². The number of carbonyl (C=O) groups excluding carboxylic acids is 1. The van der Waals surface area contributed by atoms with Crippen molar-refractivity contribution in [2.45, 2.75) is 31.6 Å². The highest BCUT2D eigenvalue weighted by atomic mass is 16.4. The Morgan fingerprint density at radius 3 is 2.62 bits per heavy atom. The molecule has 0 radical (unpaired) electrons. The molecule has 1 saturated carbocycles. The summed E-state index contributed by atoms with van der Waals surface area (Å²) in [6.07, 6.45) is 4.69. The van der Waals surface area contributed by atoms with Gasteiger partial charge in [0.15, 0.2) is 0 Å². The van der Waals surface area contributed by atoms with Crippen molar-refractivity contribution >= 4 is 39.4 Å². The maximum Gasteiger partial charge on any atom is 0.341 e. The van der Waals surface area contributed by atoms with E-state index in [-0.39, 0.29) is 16.9 Å². The van der Waals surface area contributed by atoms with Crippen molar-refractivity contribution in [1.29, 1.82) is 0 Å². The number of nitrogens with one attached hydrogen (secondary N) is 2. The van der Waals surface area contributed by atoms with Gasteiger partial charge in [-0.15, -0.1) is 0 Å². The third-order valence-corrected chi connectivity index (χ3v) is 6.59. The molecule has 0 bridgehead atoms. The average molecular weight is 430 g/mol. The Balaban J connectivity index is 1.65. The van der Waals surface area contributed by atoms with Gasteiger partial charge in [-0.2, -0.15) is 5.10 Å². The standard InChI is InChI=1S/C24H22N4O4/c1-24(8-3-9-24)17-6-4-13-11-16(23(31)32)21(29)27-20(13)19(17)22(30)26-15-5-7-18-14(10-15)12-25-28(18)2/h4-7,10-12H,3,8-9H2,1-2H3,(H,26,30)(H,27,29)(H,31,32). The zero-order valence-corrected chi connectivity index (χ0v) is 17.7. The first-order chi connectivity index (χ1) is 15.3. The number of aryl methyl sites for hydroxylation is 1. The number of hydrogen-bond donors (Lipinski definition) is 3. The highest BCUT2D eigenvalue weighted by Gasteiger charge is 2.37. The second-order valence-electron chi connectivity index (χ2n) is 8.68. The van der Waals surface area contributed by atoms with Crippen LogP contribution in [0.15, 0.2) is 47.4 Å². The number of aromatic carboxylic acids is 1. The van der Waals surface area contributed by atoms with Crippen molar-refractivity contribution < 1.29 is 14.7 Å². The van der Waals surface area contributed by atoms with E-state index in [1.807, 2.05) is 31.3 Å². The van der Waals surface area contributed by atoms with Gasteiger partial charge in [-0.3, -0.25) is 14.3 Å². The van der Waals surface area contributed by atoms with Crippen molar-refractivity contribution in [3.8, 4) is 0 Å². The van der Waals surface area contributed by atoms with Gasteiger partial charge in [0.1, 0.15) is 5.56 Å². The number of benzene rings is 2. The van der Waals surface area contributed by atoms with E-state index in [4.69, 9.17) is 0 Å². The van der Waals surface area contributed by atoms with E-state index in [1.54, 1.807) is 16.9 Å². The lowest BCUT2D eigenvalue weighted by Gasteiger charge is -2.40. The Bertz CT molecular complexity index is 1480. The molecule has 1 fully saturated rings. The number of carboxylic acid groups (broad SMARTS) is 1. The number of fused-ring (bicyclic) bond motifs is 2. The number of pyridine rings is 1. The number of aromatic nitrogens is 3. The summed E-state index contributed by atoms with van der Waals surface area (Å²) in [4.78, 5) is 40.0. The zero-order valence-electron chi connectivity index (χ0n) is 17.7. The van der Waals surface area contributed by atoms with Crippen LogP contribution in [-0.4, -0.2) is 31.7 Å². The van der Waals surface area contributed by atoms with Crippen LogP contribution in [-0.2, 0) is 12.5 Å². The Hall–Kier alpha value is -3.94. The lowest BCUT2D eigenvalue weighted by molar-refractivity contribution is 0.0695. The van der Waals surface area contributed by atoms with E-state index >= 15 is 0 Å². The van der Waals surface area contributed by atoms with Gasteiger partial charge < -0.3 is 15.4 Å².